The van der Waals surface area contributed by atoms with E-state index in [1.807, 2.05) is 0 Å². The summed E-state index contributed by atoms with van der Waals surface area (Å²) in [4.78, 5) is 21.1. The second-order valence-electron chi connectivity index (χ2n) is 3.10. The van der Waals surface area contributed by atoms with Crippen LogP contribution in [0.4, 0.5) is 17.1 Å². The van der Waals surface area contributed by atoms with Crippen LogP contribution in [0.3, 0.4) is 0 Å². The first kappa shape index (κ1) is 10.2. The Morgan fingerprint density at radius 2 is 2.31 bits per heavy atom. The molecule has 1 heterocycles. The zero-order chi connectivity index (χ0) is 11.7. The van der Waals surface area contributed by atoms with E-state index >= 15 is 0 Å². The Hall–Kier alpha value is -2.35. The van der Waals surface area contributed by atoms with Gasteiger partial charge in [0.05, 0.1) is 16.7 Å². The Balaban J connectivity index is 2.52. The summed E-state index contributed by atoms with van der Waals surface area (Å²) >= 11 is 0. The lowest BCUT2D eigenvalue weighted by Gasteiger charge is -2.18. The summed E-state index contributed by atoms with van der Waals surface area (Å²) in [5, 5.41) is 13.2. The lowest BCUT2D eigenvalue weighted by atomic mass is 10.2. The van der Waals surface area contributed by atoms with Crippen LogP contribution in [0.15, 0.2) is 12.1 Å². The lowest BCUT2D eigenvalue weighted by molar-refractivity contribution is -0.384. The Labute approximate surface area is 89.5 Å². The monoisotopic (exact) mass is 224 g/mol. The summed E-state index contributed by atoms with van der Waals surface area (Å²) in [7, 11) is 0. The second kappa shape index (κ2) is 3.66. The van der Waals surface area contributed by atoms with E-state index in [2.05, 4.69) is 10.7 Å². The van der Waals surface area contributed by atoms with Crippen LogP contribution < -0.4 is 21.3 Å². The maximum atomic E-state index is 11.0. The van der Waals surface area contributed by atoms with Crippen LogP contribution in [0.2, 0.25) is 0 Å². The normalized spacial score (nSPS) is 13.4. The predicted molar refractivity (Wildman–Crippen MR) is 55.0 cm³/mol. The largest absolute Gasteiger partial charge is 0.481 e. The number of amides is 1. The van der Waals surface area contributed by atoms with Crippen molar-refractivity contribution in [2.24, 2.45) is 5.84 Å². The number of nitrogens with one attached hydrogen (secondary N) is 2. The van der Waals surface area contributed by atoms with Crippen molar-refractivity contribution >= 4 is 23.0 Å². The number of rotatable bonds is 2. The zero-order valence-corrected chi connectivity index (χ0v) is 8.02. The average molecular weight is 224 g/mol. The molecular weight excluding hydrogens is 216 g/mol. The van der Waals surface area contributed by atoms with Crippen LogP contribution in [0.25, 0.3) is 0 Å². The minimum absolute atomic E-state index is 0.106. The van der Waals surface area contributed by atoms with Gasteiger partial charge in [-0.1, -0.05) is 0 Å². The van der Waals surface area contributed by atoms with Gasteiger partial charge in [-0.05, 0) is 6.07 Å². The summed E-state index contributed by atoms with van der Waals surface area (Å²) in [6.07, 6.45) is 0. The molecule has 0 radical (unpaired) electrons. The summed E-state index contributed by atoms with van der Waals surface area (Å²) in [6, 6.07) is 2.56. The molecule has 1 aromatic carbocycles. The third kappa shape index (κ3) is 1.61. The number of ether oxygens (including phenoxy) is 1. The molecule has 0 saturated heterocycles. The van der Waals surface area contributed by atoms with Crippen molar-refractivity contribution < 1.29 is 14.5 Å². The fourth-order valence-electron chi connectivity index (χ4n) is 1.38. The van der Waals surface area contributed by atoms with Crippen LogP contribution in [-0.4, -0.2) is 17.4 Å². The average Bonchev–Trinajstić information content (AvgIpc) is 2.26. The smallest absolute Gasteiger partial charge is 0.297 e. The van der Waals surface area contributed by atoms with E-state index < -0.39 is 4.92 Å². The number of benzene rings is 1. The number of anilines is 2. The van der Waals surface area contributed by atoms with E-state index in [0.29, 0.717) is 5.69 Å². The quantitative estimate of drug-likeness (QED) is 0.375. The van der Waals surface area contributed by atoms with Gasteiger partial charge in [-0.3, -0.25) is 20.8 Å². The third-order valence-corrected chi connectivity index (χ3v) is 2.08. The van der Waals surface area contributed by atoms with E-state index in [4.69, 9.17) is 10.6 Å². The second-order valence-corrected chi connectivity index (χ2v) is 3.10. The number of hydrogen-bond donors (Lipinski definition) is 3. The first-order chi connectivity index (χ1) is 7.61. The number of nitrogen functional groups attached to an aromatic ring is 1. The first-order valence-electron chi connectivity index (χ1n) is 4.33. The Morgan fingerprint density at radius 3 is 2.94 bits per heavy atom. The predicted octanol–water partition coefficient (Wildman–Crippen LogP) is 0.211. The Kier molecular flexibility index (Phi) is 2.33. The molecule has 0 saturated carbocycles. The fourth-order valence-corrected chi connectivity index (χ4v) is 1.38. The van der Waals surface area contributed by atoms with Crippen molar-refractivity contribution in [1.82, 2.24) is 0 Å². The Bertz CT molecular complexity index is 473. The lowest BCUT2D eigenvalue weighted by Crippen LogP contribution is -2.25. The van der Waals surface area contributed by atoms with Crippen molar-refractivity contribution in [3.05, 3.63) is 22.2 Å². The number of nitrogens with two attached hydrogens (primary N) is 1. The fraction of sp³-hybridized carbons (Fsp3) is 0.125. The Morgan fingerprint density at radius 1 is 1.56 bits per heavy atom. The van der Waals surface area contributed by atoms with Gasteiger partial charge in [-0.25, -0.2) is 0 Å². The number of nitro benzene ring substituents is 1. The summed E-state index contributed by atoms with van der Waals surface area (Å²) in [5.41, 5.74) is 2.44. The van der Waals surface area contributed by atoms with Gasteiger partial charge in [-0.15, -0.1) is 0 Å². The number of nitrogens with zero attached hydrogens (tertiary/aromatic N) is 1. The van der Waals surface area contributed by atoms with Gasteiger partial charge in [-0.2, -0.15) is 0 Å². The number of carbonyl (C=O) groups excluding carboxylic acids is 1. The number of fused-ring (bicyclic) bond motifs is 1. The van der Waals surface area contributed by atoms with Crippen LogP contribution >= 0.6 is 0 Å². The highest BCUT2D eigenvalue weighted by Crippen LogP contribution is 2.37. The minimum atomic E-state index is -0.588. The topological polar surface area (TPSA) is 120 Å². The summed E-state index contributed by atoms with van der Waals surface area (Å²) in [6.45, 7) is -0.153. The van der Waals surface area contributed by atoms with Crippen molar-refractivity contribution in [1.29, 1.82) is 0 Å². The molecule has 1 aromatic rings. The number of nitro groups is 1. The van der Waals surface area contributed by atoms with Gasteiger partial charge in [0.25, 0.3) is 11.6 Å². The molecule has 0 atom stereocenters. The van der Waals surface area contributed by atoms with Gasteiger partial charge in [0.2, 0.25) is 0 Å². The molecule has 0 aliphatic carbocycles. The van der Waals surface area contributed by atoms with Gasteiger partial charge in [0.1, 0.15) is 5.69 Å². The molecule has 16 heavy (non-hydrogen) atoms. The highest BCUT2D eigenvalue weighted by Gasteiger charge is 2.23. The number of hydrogen-bond acceptors (Lipinski definition) is 6. The molecule has 0 unspecified atom stereocenters. The molecule has 2 rings (SSSR count). The molecule has 0 spiro atoms. The molecular formula is C8H8N4O4. The van der Waals surface area contributed by atoms with Crippen LogP contribution in [-0.2, 0) is 4.79 Å². The maximum absolute atomic E-state index is 11.0. The minimum Gasteiger partial charge on any atom is -0.481 e. The molecule has 4 N–H and O–H groups in total. The molecule has 8 nitrogen and oxygen atoms in total. The van der Waals surface area contributed by atoms with Crippen LogP contribution in [0.5, 0.6) is 5.75 Å². The van der Waals surface area contributed by atoms with Gasteiger partial charge in [0, 0.05) is 0 Å². The van der Waals surface area contributed by atoms with E-state index in [0.717, 1.165) is 0 Å². The molecule has 1 amide bonds. The molecule has 1 aliphatic rings. The molecule has 1 aliphatic heterocycles. The molecule has 84 valence electrons. The van der Waals surface area contributed by atoms with Gasteiger partial charge in [0.15, 0.2) is 12.4 Å². The van der Waals surface area contributed by atoms with Gasteiger partial charge < -0.3 is 15.5 Å². The highest BCUT2D eigenvalue weighted by atomic mass is 16.6. The molecule has 8 heteroatoms. The van der Waals surface area contributed by atoms with E-state index in [9.17, 15) is 14.9 Å². The third-order valence-electron chi connectivity index (χ3n) is 2.08. The standard InChI is InChI=1S/C8H8N4O4/c9-11-4-1-5-7(2-6(4)12(14)15)16-3-8(13)10-5/h1-2,11H,3,9H2,(H,10,13). The number of carbonyl (C=O) groups is 1. The first-order valence-corrected chi connectivity index (χ1v) is 4.33. The zero-order valence-electron chi connectivity index (χ0n) is 8.02. The van der Waals surface area contributed by atoms with Crippen LogP contribution in [0.1, 0.15) is 0 Å². The van der Waals surface area contributed by atoms with Crippen LogP contribution in [0, 0.1) is 10.1 Å². The summed E-state index contributed by atoms with van der Waals surface area (Å²) < 4.78 is 5.04. The van der Waals surface area contributed by atoms with Gasteiger partial charge >= 0.3 is 0 Å². The molecule has 0 bridgehead atoms. The van der Waals surface area contributed by atoms with Crippen molar-refractivity contribution in [2.75, 3.05) is 17.3 Å². The van der Waals surface area contributed by atoms with E-state index in [-0.39, 0.29) is 29.6 Å². The van der Waals surface area contributed by atoms with Crippen molar-refractivity contribution in [3.63, 3.8) is 0 Å². The summed E-state index contributed by atoms with van der Waals surface area (Å²) in [5.74, 6) is 5.09. The van der Waals surface area contributed by atoms with Crippen molar-refractivity contribution in [2.45, 2.75) is 0 Å². The SMILES string of the molecule is NNc1cc2c(cc1[N+](=O)[O-])OCC(=O)N2. The molecule has 0 aromatic heterocycles. The highest BCUT2D eigenvalue weighted by molar-refractivity contribution is 5.96. The maximum Gasteiger partial charge on any atom is 0.297 e. The van der Waals surface area contributed by atoms with E-state index in [1.165, 1.54) is 12.1 Å². The van der Waals surface area contributed by atoms with Crippen molar-refractivity contribution in [3.8, 4) is 5.75 Å². The number of hydrazine groups is 1. The molecule has 0 fully saturated rings. The van der Waals surface area contributed by atoms with E-state index in [1.54, 1.807) is 0 Å².